The highest BCUT2D eigenvalue weighted by Crippen LogP contribution is 2.20. The van der Waals surface area contributed by atoms with Crippen molar-refractivity contribution in [1.82, 2.24) is 5.32 Å². The number of rotatable bonds is 21. The molecule has 0 aliphatic carbocycles. The van der Waals surface area contributed by atoms with E-state index in [1.165, 1.54) is 12.1 Å². The molecule has 0 spiro atoms. The molecule has 0 saturated heterocycles. The Balaban J connectivity index is 2.16. The van der Waals surface area contributed by atoms with Crippen molar-refractivity contribution >= 4 is 20.9 Å². The standard InChI is InChI=1S/C26H42FNO8Si/c1-4-34-37(35-5-2,36-6-3)20-12-17-28-26(31)33-19-10-8-7-9-18-32-24-21-22(15-16-23(24)27)13-11-14-25(29)30/h11,14-16,21H,4-10,12-13,17-20H2,1-3H3,(H,28,31)(H,29,30). The Morgan fingerprint density at radius 2 is 1.62 bits per heavy atom. The lowest BCUT2D eigenvalue weighted by Gasteiger charge is -2.28. The number of allylic oxidation sites excluding steroid dienone is 1. The first-order valence-electron chi connectivity index (χ1n) is 13.0. The average Bonchev–Trinajstić information content (AvgIpc) is 2.85. The van der Waals surface area contributed by atoms with Gasteiger partial charge in [0.25, 0.3) is 0 Å². The van der Waals surface area contributed by atoms with Crippen LogP contribution in [0.1, 0.15) is 58.4 Å². The number of ether oxygens (including phenoxy) is 2. The Labute approximate surface area is 220 Å². The lowest BCUT2D eigenvalue weighted by molar-refractivity contribution is -0.131. The maximum absolute atomic E-state index is 13.9. The summed E-state index contributed by atoms with van der Waals surface area (Å²) >= 11 is 0. The number of halogens is 1. The second-order valence-electron chi connectivity index (χ2n) is 8.12. The number of carboxylic acid groups (broad SMARTS) is 1. The lowest BCUT2D eigenvalue weighted by atomic mass is 10.1. The van der Waals surface area contributed by atoms with Crippen molar-refractivity contribution < 1.29 is 41.8 Å². The van der Waals surface area contributed by atoms with E-state index in [9.17, 15) is 14.0 Å². The summed E-state index contributed by atoms with van der Waals surface area (Å²) in [5.74, 6) is -1.32. The largest absolute Gasteiger partial charge is 0.500 e. The minimum Gasteiger partial charge on any atom is -0.491 e. The summed E-state index contributed by atoms with van der Waals surface area (Å²) in [5, 5.41) is 11.4. The topological polar surface area (TPSA) is 113 Å². The Kier molecular flexibility index (Phi) is 17.3. The number of carboxylic acids is 1. The van der Waals surface area contributed by atoms with Crippen LogP contribution in [0.2, 0.25) is 6.04 Å². The predicted octanol–water partition coefficient (Wildman–Crippen LogP) is 5.11. The van der Waals surface area contributed by atoms with Crippen LogP contribution in [0.25, 0.3) is 0 Å². The van der Waals surface area contributed by atoms with E-state index in [1.54, 1.807) is 12.1 Å². The van der Waals surface area contributed by atoms with Crippen LogP contribution < -0.4 is 10.1 Å². The molecule has 2 N–H and O–H groups in total. The third-order valence-corrected chi connectivity index (χ3v) is 8.31. The minimum atomic E-state index is -2.70. The van der Waals surface area contributed by atoms with Gasteiger partial charge < -0.3 is 33.2 Å². The van der Waals surface area contributed by atoms with Gasteiger partial charge in [0.1, 0.15) is 0 Å². The third-order valence-electron chi connectivity index (χ3n) is 5.16. The number of aliphatic carboxylic acids is 1. The van der Waals surface area contributed by atoms with Crippen LogP contribution in [0.3, 0.4) is 0 Å². The number of carbonyl (C=O) groups is 2. The van der Waals surface area contributed by atoms with Gasteiger partial charge in [0.2, 0.25) is 0 Å². The fourth-order valence-electron chi connectivity index (χ4n) is 3.53. The molecule has 0 atom stereocenters. The molecule has 0 heterocycles. The normalized spacial score (nSPS) is 11.6. The SMILES string of the molecule is CCO[Si](CCCNC(=O)OCCCCCCOc1cc(CC=CC(=O)O)ccc1F)(OCC)OCC. The zero-order chi connectivity index (χ0) is 27.4. The van der Waals surface area contributed by atoms with Crippen molar-refractivity contribution in [3.63, 3.8) is 0 Å². The van der Waals surface area contributed by atoms with Gasteiger partial charge in [-0.25, -0.2) is 14.0 Å². The molecule has 0 radical (unpaired) electrons. The molecule has 1 rings (SSSR count). The van der Waals surface area contributed by atoms with Crippen molar-refractivity contribution in [2.24, 2.45) is 0 Å². The van der Waals surface area contributed by atoms with E-state index < -0.39 is 26.7 Å². The quantitative estimate of drug-likeness (QED) is 0.125. The maximum Gasteiger partial charge on any atom is 0.500 e. The van der Waals surface area contributed by atoms with Gasteiger partial charge in [0, 0.05) is 38.5 Å². The van der Waals surface area contributed by atoms with Crippen LogP contribution in [0, 0.1) is 5.82 Å². The Bertz CT molecular complexity index is 807. The molecular weight excluding hydrogens is 501 g/mol. The van der Waals surface area contributed by atoms with Gasteiger partial charge in [-0.3, -0.25) is 0 Å². The molecule has 0 aliphatic heterocycles. The van der Waals surface area contributed by atoms with Gasteiger partial charge in [0.15, 0.2) is 11.6 Å². The summed E-state index contributed by atoms with van der Waals surface area (Å²) in [6, 6.07) is 5.13. The zero-order valence-corrected chi connectivity index (χ0v) is 23.3. The first-order chi connectivity index (χ1) is 17.9. The number of hydrogen-bond donors (Lipinski definition) is 2. The number of benzene rings is 1. The van der Waals surface area contributed by atoms with E-state index in [4.69, 9.17) is 27.9 Å². The molecule has 0 bridgehead atoms. The van der Waals surface area contributed by atoms with Crippen LogP contribution in [-0.2, 0) is 29.2 Å². The Morgan fingerprint density at radius 3 is 2.24 bits per heavy atom. The monoisotopic (exact) mass is 543 g/mol. The Morgan fingerprint density at radius 1 is 0.973 bits per heavy atom. The molecule has 0 fully saturated rings. The molecule has 0 unspecified atom stereocenters. The predicted molar refractivity (Wildman–Crippen MR) is 140 cm³/mol. The van der Waals surface area contributed by atoms with Crippen molar-refractivity contribution in [2.75, 3.05) is 39.6 Å². The summed E-state index contributed by atoms with van der Waals surface area (Å²) in [4.78, 5) is 22.4. The molecule has 0 saturated carbocycles. The number of alkyl carbamates (subject to hydrolysis) is 1. The maximum atomic E-state index is 13.9. The molecule has 0 aliphatic rings. The highest BCUT2D eigenvalue weighted by molar-refractivity contribution is 6.60. The molecule has 210 valence electrons. The van der Waals surface area contributed by atoms with Crippen molar-refractivity contribution in [1.29, 1.82) is 0 Å². The fourth-order valence-corrected chi connectivity index (χ4v) is 6.15. The number of carbonyl (C=O) groups excluding carboxylic acids is 1. The van der Waals surface area contributed by atoms with E-state index in [0.29, 0.717) is 58.5 Å². The summed E-state index contributed by atoms with van der Waals surface area (Å²) in [5.41, 5.74) is 0.767. The van der Waals surface area contributed by atoms with Crippen molar-refractivity contribution in [3.8, 4) is 5.75 Å². The first-order valence-corrected chi connectivity index (χ1v) is 14.9. The van der Waals surface area contributed by atoms with Gasteiger partial charge in [-0.15, -0.1) is 0 Å². The van der Waals surface area contributed by atoms with Crippen LogP contribution >= 0.6 is 0 Å². The second-order valence-corrected chi connectivity index (χ2v) is 10.9. The van der Waals surface area contributed by atoms with E-state index in [0.717, 1.165) is 37.3 Å². The van der Waals surface area contributed by atoms with Crippen molar-refractivity contribution in [3.05, 3.63) is 41.7 Å². The number of unbranched alkanes of at least 4 members (excludes halogenated alkanes) is 3. The van der Waals surface area contributed by atoms with Gasteiger partial charge >= 0.3 is 20.9 Å². The van der Waals surface area contributed by atoms with Gasteiger partial charge in [-0.05, 0) is 77.0 Å². The summed E-state index contributed by atoms with van der Waals surface area (Å²) in [7, 11) is -2.70. The van der Waals surface area contributed by atoms with Gasteiger partial charge in [-0.1, -0.05) is 12.1 Å². The smallest absolute Gasteiger partial charge is 0.491 e. The molecule has 11 heteroatoms. The molecule has 1 aromatic rings. The van der Waals surface area contributed by atoms with Crippen LogP contribution in [-0.4, -0.2) is 65.6 Å². The number of nitrogens with one attached hydrogen (secondary N) is 1. The molecule has 0 aromatic heterocycles. The molecular formula is C26H42FNO8Si. The van der Waals surface area contributed by atoms with Crippen LogP contribution in [0.15, 0.2) is 30.4 Å². The van der Waals surface area contributed by atoms with Crippen LogP contribution in [0.5, 0.6) is 5.75 Å². The Hall–Kier alpha value is -2.47. The minimum absolute atomic E-state index is 0.157. The second kappa shape index (κ2) is 19.6. The summed E-state index contributed by atoms with van der Waals surface area (Å²) < 4.78 is 42.1. The summed E-state index contributed by atoms with van der Waals surface area (Å²) in [6.45, 7) is 8.43. The molecule has 9 nitrogen and oxygen atoms in total. The van der Waals surface area contributed by atoms with Crippen LogP contribution in [0.4, 0.5) is 9.18 Å². The van der Waals surface area contributed by atoms with E-state index >= 15 is 0 Å². The average molecular weight is 544 g/mol. The lowest BCUT2D eigenvalue weighted by Crippen LogP contribution is -2.46. The number of amides is 1. The van der Waals surface area contributed by atoms with Gasteiger partial charge in [0.05, 0.1) is 13.2 Å². The highest BCUT2D eigenvalue weighted by atomic mass is 28.4. The number of hydrogen-bond acceptors (Lipinski definition) is 7. The zero-order valence-electron chi connectivity index (χ0n) is 22.3. The van der Waals surface area contributed by atoms with Crippen molar-refractivity contribution in [2.45, 2.75) is 65.3 Å². The molecule has 37 heavy (non-hydrogen) atoms. The van der Waals surface area contributed by atoms with E-state index in [2.05, 4.69) is 5.32 Å². The fraction of sp³-hybridized carbons (Fsp3) is 0.615. The summed E-state index contributed by atoms with van der Waals surface area (Å²) in [6.07, 6.45) is 6.32. The van der Waals surface area contributed by atoms with Gasteiger partial charge in [-0.2, -0.15) is 0 Å². The highest BCUT2D eigenvalue weighted by Gasteiger charge is 2.39. The molecule has 1 amide bonds. The third kappa shape index (κ3) is 14.8. The van der Waals surface area contributed by atoms with E-state index in [-0.39, 0.29) is 5.75 Å². The molecule has 1 aromatic carbocycles. The first kappa shape index (κ1) is 32.6. The van der Waals surface area contributed by atoms with E-state index in [1.807, 2.05) is 20.8 Å².